The molecule has 0 aliphatic heterocycles. The lowest BCUT2D eigenvalue weighted by atomic mass is 10.1. The van der Waals surface area contributed by atoms with E-state index in [0.717, 1.165) is 26.8 Å². The van der Waals surface area contributed by atoms with E-state index in [1.54, 1.807) is 16.0 Å². The summed E-state index contributed by atoms with van der Waals surface area (Å²) in [6.45, 7) is 4.11. The van der Waals surface area contributed by atoms with Crippen molar-refractivity contribution < 1.29 is 0 Å². The molecule has 0 amide bonds. The van der Waals surface area contributed by atoms with E-state index < -0.39 is 0 Å². The lowest BCUT2D eigenvalue weighted by Crippen LogP contribution is -2.05. The van der Waals surface area contributed by atoms with Crippen LogP contribution in [0.3, 0.4) is 0 Å². The molecule has 3 aromatic heterocycles. The lowest BCUT2D eigenvalue weighted by Gasteiger charge is -2.13. The average molecular weight is 307 g/mol. The van der Waals surface area contributed by atoms with Crippen LogP contribution >= 0.6 is 22.9 Å². The van der Waals surface area contributed by atoms with E-state index in [2.05, 4.69) is 33.8 Å². The van der Waals surface area contributed by atoms with Crippen LogP contribution in [-0.4, -0.2) is 14.8 Å². The van der Waals surface area contributed by atoms with Gasteiger partial charge in [0.25, 0.3) is 0 Å². The fraction of sp³-hybridized carbons (Fsp3) is 0.286. The molecule has 3 rings (SSSR count). The summed E-state index contributed by atoms with van der Waals surface area (Å²) in [6, 6.07) is 4.27. The maximum absolute atomic E-state index is 5.98. The second kappa shape index (κ2) is 5.07. The molecule has 3 heterocycles. The molecule has 3 aromatic rings. The number of rotatable bonds is 3. The summed E-state index contributed by atoms with van der Waals surface area (Å²) in [5.74, 6) is 0. The van der Waals surface area contributed by atoms with Gasteiger partial charge in [0.2, 0.25) is 0 Å². The summed E-state index contributed by atoms with van der Waals surface area (Å²) in [5, 5.41) is 11.0. The first-order valence-corrected chi connectivity index (χ1v) is 7.60. The van der Waals surface area contributed by atoms with Gasteiger partial charge < -0.3 is 5.32 Å². The second-order valence-electron chi connectivity index (χ2n) is 4.85. The Bertz CT molecular complexity index is 762. The van der Waals surface area contributed by atoms with Gasteiger partial charge in [-0.15, -0.1) is 11.3 Å². The number of thiophene rings is 1. The van der Waals surface area contributed by atoms with Gasteiger partial charge in [0.05, 0.1) is 21.9 Å². The van der Waals surface area contributed by atoms with Gasteiger partial charge in [-0.25, -0.2) is 4.98 Å². The highest BCUT2D eigenvalue weighted by molar-refractivity contribution is 7.14. The van der Waals surface area contributed by atoms with E-state index in [4.69, 9.17) is 11.6 Å². The van der Waals surface area contributed by atoms with Crippen molar-refractivity contribution in [1.29, 1.82) is 0 Å². The van der Waals surface area contributed by atoms with Crippen LogP contribution in [0.4, 0.5) is 5.69 Å². The van der Waals surface area contributed by atoms with E-state index in [-0.39, 0.29) is 6.04 Å². The number of halogens is 1. The van der Waals surface area contributed by atoms with E-state index >= 15 is 0 Å². The molecular formula is C14H15ClN4S. The zero-order chi connectivity index (χ0) is 14.3. The Kier molecular flexibility index (Phi) is 3.40. The molecule has 0 saturated heterocycles. The number of nitrogens with zero attached hydrogens (tertiary/aromatic N) is 3. The van der Waals surface area contributed by atoms with Crippen LogP contribution in [0.2, 0.25) is 4.34 Å². The third kappa shape index (κ3) is 2.39. The van der Waals surface area contributed by atoms with Crippen LogP contribution in [-0.2, 0) is 7.05 Å². The standard InChI is InChI=1S/C14H15ClN4S/c1-8(10-4-13(15)20-7-10)17-11-5-12-9(2)18-19(3)14(12)16-6-11/h4-8,17H,1-3H3. The molecule has 0 aliphatic rings. The molecule has 6 heteroatoms. The van der Waals surface area contributed by atoms with Crippen molar-refractivity contribution in [2.45, 2.75) is 19.9 Å². The monoisotopic (exact) mass is 306 g/mol. The summed E-state index contributed by atoms with van der Waals surface area (Å²) in [7, 11) is 1.91. The number of anilines is 1. The number of aryl methyl sites for hydroxylation is 2. The molecule has 0 fully saturated rings. The largest absolute Gasteiger partial charge is 0.377 e. The Morgan fingerprint density at radius 2 is 2.20 bits per heavy atom. The smallest absolute Gasteiger partial charge is 0.157 e. The minimum atomic E-state index is 0.190. The number of hydrogen-bond donors (Lipinski definition) is 1. The molecule has 4 nitrogen and oxygen atoms in total. The highest BCUT2D eigenvalue weighted by atomic mass is 35.5. The van der Waals surface area contributed by atoms with Crippen molar-refractivity contribution >= 4 is 39.7 Å². The zero-order valence-electron chi connectivity index (χ0n) is 11.5. The summed E-state index contributed by atoms with van der Waals surface area (Å²) < 4.78 is 2.61. The number of aromatic nitrogens is 3. The van der Waals surface area contributed by atoms with Gasteiger partial charge in [-0.1, -0.05) is 11.6 Å². The predicted octanol–water partition coefficient (Wildman–Crippen LogP) is 4.16. The van der Waals surface area contributed by atoms with Gasteiger partial charge in [0.1, 0.15) is 0 Å². The van der Waals surface area contributed by atoms with Crippen molar-refractivity contribution in [3.63, 3.8) is 0 Å². The first kappa shape index (κ1) is 13.4. The summed E-state index contributed by atoms with van der Waals surface area (Å²) >= 11 is 7.52. The molecule has 0 bridgehead atoms. The van der Waals surface area contributed by atoms with Gasteiger partial charge in [-0.05, 0) is 36.9 Å². The van der Waals surface area contributed by atoms with Crippen LogP contribution in [0.1, 0.15) is 24.2 Å². The molecule has 1 unspecified atom stereocenters. The number of nitrogens with one attached hydrogen (secondary N) is 1. The molecule has 0 saturated carbocycles. The minimum absolute atomic E-state index is 0.190. The minimum Gasteiger partial charge on any atom is -0.377 e. The Morgan fingerprint density at radius 1 is 1.40 bits per heavy atom. The number of pyridine rings is 1. The number of fused-ring (bicyclic) bond motifs is 1. The lowest BCUT2D eigenvalue weighted by molar-refractivity contribution is 0.774. The quantitative estimate of drug-likeness (QED) is 0.790. The van der Waals surface area contributed by atoms with Crippen LogP contribution < -0.4 is 5.32 Å². The van der Waals surface area contributed by atoms with Crippen molar-refractivity contribution in [2.75, 3.05) is 5.32 Å². The molecule has 0 aliphatic carbocycles. The first-order valence-electron chi connectivity index (χ1n) is 6.34. The molecule has 1 atom stereocenters. The summed E-state index contributed by atoms with van der Waals surface area (Å²) in [6.07, 6.45) is 1.84. The number of hydrogen-bond acceptors (Lipinski definition) is 4. The zero-order valence-corrected chi connectivity index (χ0v) is 13.1. The van der Waals surface area contributed by atoms with E-state index in [9.17, 15) is 0 Å². The molecular weight excluding hydrogens is 292 g/mol. The van der Waals surface area contributed by atoms with Gasteiger partial charge in [-0.2, -0.15) is 5.10 Å². The molecule has 0 spiro atoms. The van der Waals surface area contributed by atoms with Gasteiger partial charge >= 0.3 is 0 Å². The van der Waals surface area contributed by atoms with Gasteiger partial charge in [-0.3, -0.25) is 4.68 Å². The molecule has 1 N–H and O–H groups in total. The maximum Gasteiger partial charge on any atom is 0.157 e. The Hall–Kier alpha value is -1.59. The third-order valence-electron chi connectivity index (χ3n) is 3.33. The normalized spacial score (nSPS) is 12.8. The Labute approximate surface area is 126 Å². The molecule has 20 heavy (non-hydrogen) atoms. The molecule has 104 valence electrons. The fourth-order valence-electron chi connectivity index (χ4n) is 2.27. The van der Waals surface area contributed by atoms with Crippen molar-refractivity contribution in [1.82, 2.24) is 14.8 Å². The SMILES string of the molecule is Cc1nn(C)c2ncc(NC(C)c3csc(Cl)c3)cc12. The Balaban J connectivity index is 1.89. The third-order valence-corrected chi connectivity index (χ3v) is 4.44. The first-order chi connectivity index (χ1) is 9.54. The topological polar surface area (TPSA) is 42.7 Å². The average Bonchev–Trinajstić information content (AvgIpc) is 2.95. The summed E-state index contributed by atoms with van der Waals surface area (Å²) in [5.41, 5.74) is 4.07. The highest BCUT2D eigenvalue weighted by Gasteiger charge is 2.10. The van der Waals surface area contributed by atoms with Crippen molar-refractivity contribution in [3.05, 3.63) is 39.3 Å². The Morgan fingerprint density at radius 3 is 2.90 bits per heavy atom. The predicted molar refractivity (Wildman–Crippen MR) is 84.6 cm³/mol. The van der Waals surface area contributed by atoms with Gasteiger partial charge in [0, 0.05) is 18.5 Å². The second-order valence-corrected chi connectivity index (χ2v) is 6.40. The van der Waals surface area contributed by atoms with E-state index in [1.807, 2.05) is 26.2 Å². The van der Waals surface area contributed by atoms with E-state index in [1.165, 1.54) is 5.56 Å². The van der Waals surface area contributed by atoms with Crippen molar-refractivity contribution in [2.24, 2.45) is 7.05 Å². The van der Waals surface area contributed by atoms with Crippen molar-refractivity contribution in [3.8, 4) is 0 Å². The van der Waals surface area contributed by atoms with Crippen LogP contribution in [0, 0.1) is 6.92 Å². The van der Waals surface area contributed by atoms with Crippen LogP contribution in [0.25, 0.3) is 11.0 Å². The molecule has 0 radical (unpaired) electrons. The van der Waals surface area contributed by atoms with Crippen LogP contribution in [0.15, 0.2) is 23.7 Å². The fourth-order valence-corrected chi connectivity index (χ4v) is 3.26. The van der Waals surface area contributed by atoms with Crippen LogP contribution in [0.5, 0.6) is 0 Å². The van der Waals surface area contributed by atoms with E-state index in [0.29, 0.717) is 0 Å². The molecule has 0 aromatic carbocycles. The summed E-state index contributed by atoms with van der Waals surface area (Å²) in [4.78, 5) is 4.47. The highest BCUT2D eigenvalue weighted by Crippen LogP contribution is 2.28. The van der Waals surface area contributed by atoms with Gasteiger partial charge in [0.15, 0.2) is 5.65 Å². The maximum atomic E-state index is 5.98.